The minimum atomic E-state index is -0.725. The lowest BCUT2D eigenvalue weighted by molar-refractivity contribution is -0.158. The van der Waals surface area contributed by atoms with Crippen LogP contribution in [0.25, 0.3) is 10.9 Å². The summed E-state index contributed by atoms with van der Waals surface area (Å²) in [6.07, 6.45) is 8.11. The van der Waals surface area contributed by atoms with Gasteiger partial charge in [0.05, 0.1) is 18.8 Å². The molecule has 0 radical (unpaired) electrons. The number of hydrogen-bond donors (Lipinski definition) is 0. The van der Waals surface area contributed by atoms with E-state index in [1.165, 1.54) is 7.11 Å². The third kappa shape index (κ3) is 2.17. The lowest BCUT2D eigenvalue weighted by Crippen LogP contribution is -2.53. The number of nitrogens with zero attached hydrogens (tertiary/aromatic N) is 3. The molecule has 0 bridgehead atoms. The summed E-state index contributed by atoms with van der Waals surface area (Å²) in [7, 11) is 3.43. The zero-order valence-corrected chi connectivity index (χ0v) is 12.4. The minimum Gasteiger partial charge on any atom is -0.467 e. The van der Waals surface area contributed by atoms with Crippen LogP contribution in [0.3, 0.4) is 0 Å². The van der Waals surface area contributed by atoms with Crippen molar-refractivity contribution in [1.29, 1.82) is 0 Å². The van der Waals surface area contributed by atoms with Crippen LogP contribution in [0.15, 0.2) is 30.7 Å². The van der Waals surface area contributed by atoms with Crippen molar-refractivity contribution in [3.05, 3.63) is 36.3 Å². The van der Waals surface area contributed by atoms with Crippen molar-refractivity contribution in [1.82, 2.24) is 14.9 Å². The van der Waals surface area contributed by atoms with Crippen LogP contribution in [0.5, 0.6) is 0 Å². The van der Waals surface area contributed by atoms with Gasteiger partial charge in [0.25, 0.3) is 0 Å². The van der Waals surface area contributed by atoms with Gasteiger partial charge in [-0.15, -0.1) is 0 Å². The molecule has 3 heterocycles. The Labute approximate surface area is 124 Å². The maximum absolute atomic E-state index is 12.5. The van der Waals surface area contributed by atoms with Crippen molar-refractivity contribution in [2.75, 3.05) is 20.7 Å². The van der Waals surface area contributed by atoms with Crippen LogP contribution in [0.4, 0.5) is 0 Å². The summed E-state index contributed by atoms with van der Waals surface area (Å²) >= 11 is 0. The van der Waals surface area contributed by atoms with E-state index in [-0.39, 0.29) is 5.97 Å². The first-order valence-electron chi connectivity index (χ1n) is 7.18. The normalized spacial score (nSPS) is 23.1. The Morgan fingerprint density at radius 2 is 2.24 bits per heavy atom. The number of piperidine rings is 1. The molecule has 0 aliphatic carbocycles. The first-order chi connectivity index (χ1) is 10.2. The summed E-state index contributed by atoms with van der Waals surface area (Å²) in [5, 5.41) is 0.991. The highest BCUT2D eigenvalue weighted by atomic mass is 16.5. The molecule has 2 aromatic rings. The van der Waals surface area contributed by atoms with Gasteiger partial charge in [0, 0.05) is 23.3 Å². The molecule has 0 saturated carbocycles. The van der Waals surface area contributed by atoms with Crippen LogP contribution < -0.4 is 0 Å². The Morgan fingerprint density at radius 1 is 1.38 bits per heavy atom. The number of fused-ring (bicyclic) bond motifs is 1. The predicted molar refractivity (Wildman–Crippen MR) is 79.7 cm³/mol. The molecule has 1 saturated heterocycles. The van der Waals surface area contributed by atoms with Gasteiger partial charge >= 0.3 is 5.97 Å². The van der Waals surface area contributed by atoms with Crippen molar-refractivity contribution in [3.63, 3.8) is 0 Å². The lowest BCUT2D eigenvalue weighted by atomic mass is 9.81. The van der Waals surface area contributed by atoms with Gasteiger partial charge < -0.3 is 4.74 Å². The van der Waals surface area contributed by atoms with E-state index in [9.17, 15) is 4.79 Å². The second-order valence-electron chi connectivity index (χ2n) is 5.52. The van der Waals surface area contributed by atoms with Crippen molar-refractivity contribution in [2.24, 2.45) is 0 Å². The first kappa shape index (κ1) is 13.9. The van der Waals surface area contributed by atoms with Crippen LogP contribution >= 0.6 is 0 Å². The van der Waals surface area contributed by atoms with E-state index in [1.54, 1.807) is 18.6 Å². The van der Waals surface area contributed by atoms with Gasteiger partial charge in [-0.3, -0.25) is 14.9 Å². The number of likely N-dealkylation sites (tertiary alicyclic amines) is 1. The van der Waals surface area contributed by atoms with Gasteiger partial charge in [0.1, 0.15) is 5.54 Å². The summed E-state index contributed by atoms with van der Waals surface area (Å²) < 4.78 is 5.11. The number of aromatic nitrogens is 2. The largest absolute Gasteiger partial charge is 0.467 e. The van der Waals surface area contributed by atoms with E-state index in [0.29, 0.717) is 0 Å². The fourth-order valence-corrected chi connectivity index (χ4v) is 3.22. The molecule has 0 spiro atoms. The molecular weight excluding hydrogens is 266 g/mol. The molecule has 1 atom stereocenters. The number of esters is 1. The number of rotatable bonds is 2. The Morgan fingerprint density at radius 3 is 3.00 bits per heavy atom. The van der Waals surface area contributed by atoms with E-state index in [2.05, 4.69) is 14.9 Å². The van der Waals surface area contributed by atoms with Crippen LogP contribution in [0.2, 0.25) is 0 Å². The van der Waals surface area contributed by atoms with E-state index in [4.69, 9.17) is 4.74 Å². The minimum absolute atomic E-state index is 0.208. The highest BCUT2D eigenvalue weighted by Gasteiger charge is 2.46. The number of ether oxygens (including phenoxy) is 1. The van der Waals surface area contributed by atoms with E-state index < -0.39 is 5.54 Å². The fourth-order valence-electron chi connectivity index (χ4n) is 3.22. The van der Waals surface area contributed by atoms with Crippen LogP contribution in [0.1, 0.15) is 24.8 Å². The van der Waals surface area contributed by atoms with Gasteiger partial charge in [0.15, 0.2) is 0 Å². The molecule has 1 unspecified atom stereocenters. The summed E-state index contributed by atoms with van der Waals surface area (Å²) in [5.41, 5.74) is 1.01. The smallest absolute Gasteiger partial charge is 0.331 e. The zero-order valence-electron chi connectivity index (χ0n) is 12.4. The number of carbonyl (C=O) groups excluding carboxylic acids is 1. The first-order valence-corrected chi connectivity index (χ1v) is 7.18. The summed E-state index contributed by atoms with van der Waals surface area (Å²) in [4.78, 5) is 23.2. The summed E-state index contributed by atoms with van der Waals surface area (Å²) in [6, 6.07) is 3.95. The summed E-state index contributed by atoms with van der Waals surface area (Å²) in [6.45, 7) is 0.878. The molecule has 5 nitrogen and oxygen atoms in total. The third-order valence-corrected chi connectivity index (χ3v) is 4.42. The number of methoxy groups -OCH3 is 1. The maximum atomic E-state index is 12.5. The van der Waals surface area contributed by atoms with E-state index in [1.807, 2.05) is 19.2 Å². The molecule has 0 N–H and O–H groups in total. The van der Waals surface area contributed by atoms with Crippen molar-refractivity contribution in [2.45, 2.75) is 24.8 Å². The van der Waals surface area contributed by atoms with Crippen molar-refractivity contribution >= 4 is 16.9 Å². The van der Waals surface area contributed by atoms with E-state index >= 15 is 0 Å². The molecule has 2 aromatic heterocycles. The van der Waals surface area contributed by atoms with Gasteiger partial charge in [-0.2, -0.15) is 0 Å². The Hall–Kier alpha value is -2.01. The average Bonchev–Trinajstić information content (AvgIpc) is 2.54. The number of likely N-dealkylation sites (N-methyl/N-ethyl adjacent to an activating group) is 1. The van der Waals surface area contributed by atoms with E-state index in [0.717, 1.165) is 42.3 Å². The predicted octanol–water partition coefficient (Wildman–Crippen LogP) is 2.11. The number of carbonyl (C=O) groups is 1. The van der Waals surface area contributed by atoms with Crippen molar-refractivity contribution < 1.29 is 9.53 Å². The van der Waals surface area contributed by atoms with Crippen molar-refractivity contribution in [3.8, 4) is 0 Å². The number of pyridine rings is 2. The highest BCUT2D eigenvalue weighted by Crippen LogP contribution is 2.38. The Bertz CT molecular complexity index is 673. The quantitative estimate of drug-likeness (QED) is 0.791. The van der Waals surface area contributed by atoms with Crippen LogP contribution in [0, 0.1) is 0 Å². The lowest BCUT2D eigenvalue weighted by Gasteiger charge is -2.42. The molecule has 110 valence electrons. The third-order valence-electron chi connectivity index (χ3n) is 4.42. The SMILES string of the molecule is COC(=O)C1(c2cnc3cnccc3c2)CCCCN1C. The standard InChI is InChI=1S/C16H19N3O2/c1-19-8-4-3-6-16(19,15(20)21-2)13-9-12-5-7-17-11-14(12)18-10-13/h5,7,9-11H,3-4,6,8H2,1-2H3. The fraction of sp³-hybridized carbons (Fsp3) is 0.438. The molecule has 5 heteroatoms. The maximum Gasteiger partial charge on any atom is 0.331 e. The molecule has 1 fully saturated rings. The second-order valence-corrected chi connectivity index (χ2v) is 5.52. The average molecular weight is 285 g/mol. The highest BCUT2D eigenvalue weighted by molar-refractivity contribution is 5.85. The molecule has 0 amide bonds. The Kier molecular flexibility index (Phi) is 3.59. The zero-order chi connectivity index (χ0) is 14.9. The summed E-state index contributed by atoms with van der Waals surface area (Å²) in [5.74, 6) is -0.208. The van der Waals surface area contributed by atoms with Gasteiger partial charge in [-0.05, 0) is 45.0 Å². The second kappa shape index (κ2) is 5.41. The molecule has 1 aliphatic heterocycles. The Balaban J connectivity index is 2.16. The van der Waals surface area contributed by atoms with Crippen LogP contribution in [-0.4, -0.2) is 41.5 Å². The van der Waals surface area contributed by atoms with Gasteiger partial charge in [-0.25, -0.2) is 4.79 Å². The molecular formula is C16H19N3O2. The van der Waals surface area contributed by atoms with Gasteiger partial charge in [0.2, 0.25) is 0 Å². The topological polar surface area (TPSA) is 55.3 Å². The van der Waals surface area contributed by atoms with Crippen LogP contribution in [-0.2, 0) is 15.1 Å². The molecule has 3 rings (SSSR count). The monoisotopic (exact) mass is 285 g/mol. The molecule has 0 aromatic carbocycles. The van der Waals surface area contributed by atoms with Gasteiger partial charge in [-0.1, -0.05) is 0 Å². The number of hydrogen-bond acceptors (Lipinski definition) is 5. The molecule has 1 aliphatic rings. The molecule has 21 heavy (non-hydrogen) atoms.